The lowest BCUT2D eigenvalue weighted by molar-refractivity contribution is -0.124. The number of nitrogens with two attached hydrogens (primary N) is 1. The maximum absolute atomic E-state index is 11.9. The third kappa shape index (κ3) is 4.96. The molecule has 0 aromatic heterocycles. The number of carbonyl (C=O) groups is 1. The van der Waals surface area contributed by atoms with Crippen LogP contribution in [0.3, 0.4) is 0 Å². The highest BCUT2D eigenvalue weighted by atomic mass is 16.5. The third-order valence-corrected chi connectivity index (χ3v) is 4.19. The van der Waals surface area contributed by atoms with Gasteiger partial charge in [-0.2, -0.15) is 0 Å². The molecule has 4 nitrogen and oxygen atoms in total. The van der Waals surface area contributed by atoms with E-state index in [1.165, 1.54) is 25.7 Å². The van der Waals surface area contributed by atoms with Crippen LogP contribution in [0.2, 0.25) is 0 Å². The molecule has 2 rings (SSSR count). The van der Waals surface area contributed by atoms with Crippen molar-refractivity contribution in [3.8, 4) is 5.75 Å². The smallest absolute Gasteiger partial charge is 0.258 e. The van der Waals surface area contributed by atoms with Crippen molar-refractivity contribution in [2.45, 2.75) is 51.5 Å². The van der Waals surface area contributed by atoms with Crippen molar-refractivity contribution in [1.29, 1.82) is 0 Å². The van der Waals surface area contributed by atoms with Crippen LogP contribution in [0.15, 0.2) is 24.3 Å². The number of hydrogen-bond acceptors (Lipinski definition) is 3. The quantitative estimate of drug-likeness (QED) is 0.791. The van der Waals surface area contributed by atoms with Gasteiger partial charge in [-0.25, -0.2) is 0 Å². The Morgan fingerprint density at radius 3 is 2.67 bits per heavy atom. The van der Waals surface area contributed by atoms with Gasteiger partial charge in [0.05, 0.1) is 5.69 Å². The molecule has 3 N–H and O–H groups in total. The summed E-state index contributed by atoms with van der Waals surface area (Å²) in [6.45, 7) is 2.27. The second-order valence-electron chi connectivity index (χ2n) is 5.90. The summed E-state index contributed by atoms with van der Waals surface area (Å²) in [4.78, 5) is 11.9. The van der Waals surface area contributed by atoms with Crippen LogP contribution in [0.1, 0.15) is 45.4 Å². The van der Waals surface area contributed by atoms with Crippen molar-refractivity contribution in [1.82, 2.24) is 5.32 Å². The Morgan fingerprint density at radius 2 is 2.00 bits per heavy atom. The molecule has 1 fully saturated rings. The first-order valence-electron chi connectivity index (χ1n) is 7.95. The fraction of sp³-hybridized carbons (Fsp3) is 0.588. The summed E-state index contributed by atoms with van der Waals surface area (Å²) in [5.74, 6) is 1.36. The van der Waals surface area contributed by atoms with E-state index in [1.807, 2.05) is 12.1 Å². The molecule has 1 aliphatic carbocycles. The Bertz CT molecular complexity index is 454. The molecular formula is C17H26N2O2. The Morgan fingerprint density at radius 1 is 1.29 bits per heavy atom. The molecule has 0 saturated heterocycles. The van der Waals surface area contributed by atoms with E-state index in [9.17, 15) is 4.79 Å². The van der Waals surface area contributed by atoms with Crippen LogP contribution in [0, 0.1) is 5.92 Å². The Balaban J connectivity index is 1.70. The van der Waals surface area contributed by atoms with E-state index in [4.69, 9.17) is 10.5 Å². The highest BCUT2D eigenvalue weighted by molar-refractivity contribution is 5.78. The number of hydrogen-bond donors (Lipinski definition) is 2. The number of carbonyl (C=O) groups excluding carboxylic acids is 1. The number of rotatable bonds is 6. The van der Waals surface area contributed by atoms with Gasteiger partial charge >= 0.3 is 0 Å². The second kappa shape index (κ2) is 7.91. The molecule has 1 amide bonds. The normalized spacial score (nSPS) is 21.8. The third-order valence-electron chi connectivity index (χ3n) is 4.19. The zero-order chi connectivity index (χ0) is 15.1. The standard InChI is InChI=1S/C17H26N2O2/c1-2-5-13-8-10-14(11-9-13)19-17(20)12-21-16-7-4-3-6-15(16)18/h3-4,6-7,13-14H,2,5,8-12,18H2,1H3,(H,19,20). The van der Waals surface area contributed by atoms with Crippen molar-refractivity contribution in [3.05, 3.63) is 24.3 Å². The molecule has 1 aromatic carbocycles. The largest absolute Gasteiger partial charge is 0.482 e. The average Bonchev–Trinajstić information content (AvgIpc) is 2.49. The maximum Gasteiger partial charge on any atom is 0.258 e. The van der Waals surface area contributed by atoms with E-state index in [1.54, 1.807) is 12.1 Å². The van der Waals surface area contributed by atoms with Crippen LogP contribution in [0.4, 0.5) is 5.69 Å². The van der Waals surface area contributed by atoms with Gasteiger partial charge in [0.25, 0.3) is 5.91 Å². The van der Waals surface area contributed by atoms with E-state index < -0.39 is 0 Å². The molecule has 0 heterocycles. The maximum atomic E-state index is 11.9. The van der Waals surface area contributed by atoms with Crippen molar-refractivity contribution >= 4 is 11.6 Å². The number of ether oxygens (including phenoxy) is 1. The van der Waals surface area contributed by atoms with Gasteiger partial charge in [-0.1, -0.05) is 31.9 Å². The number of anilines is 1. The molecule has 0 aliphatic heterocycles. The van der Waals surface area contributed by atoms with Crippen LogP contribution in [-0.2, 0) is 4.79 Å². The molecule has 0 bridgehead atoms. The number of para-hydroxylation sites is 2. The Labute approximate surface area is 127 Å². The van der Waals surface area contributed by atoms with Gasteiger partial charge in [0.2, 0.25) is 0 Å². The first-order valence-corrected chi connectivity index (χ1v) is 7.95. The molecule has 1 aliphatic rings. The van der Waals surface area contributed by atoms with Crippen molar-refractivity contribution < 1.29 is 9.53 Å². The van der Waals surface area contributed by atoms with Crippen molar-refractivity contribution in [2.24, 2.45) is 5.92 Å². The molecule has 0 spiro atoms. The number of amides is 1. The van der Waals surface area contributed by atoms with E-state index in [0.717, 1.165) is 18.8 Å². The van der Waals surface area contributed by atoms with Crippen LogP contribution < -0.4 is 15.8 Å². The van der Waals surface area contributed by atoms with Crippen LogP contribution in [0.25, 0.3) is 0 Å². The lowest BCUT2D eigenvalue weighted by atomic mass is 9.83. The fourth-order valence-corrected chi connectivity index (χ4v) is 3.03. The summed E-state index contributed by atoms with van der Waals surface area (Å²) in [5, 5.41) is 3.07. The van der Waals surface area contributed by atoms with Gasteiger partial charge in [0, 0.05) is 6.04 Å². The molecule has 1 saturated carbocycles. The van der Waals surface area contributed by atoms with E-state index in [2.05, 4.69) is 12.2 Å². The zero-order valence-corrected chi connectivity index (χ0v) is 12.8. The number of nitrogens with one attached hydrogen (secondary N) is 1. The lowest BCUT2D eigenvalue weighted by Gasteiger charge is -2.28. The topological polar surface area (TPSA) is 64.3 Å². The summed E-state index contributed by atoms with van der Waals surface area (Å²) in [5.41, 5.74) is 6.34. The van der Waals surface area contributed by atoms with E-state index >= 15 is 0 Å². The van der Waals surface area contributed by atoms with Gasteiger partial charge in [0.1, 0.15) is 5.75 Å². The van der Waals surface area contributed by atoms with Gasteiger partial charge < -0.3 is 15.8 Å². The van der Waals surface area contributed by atoms with Crippen LogP contribution in [0.5, 0.6) is 5.75 Å². The minimum Gasteiger partial charge on any atom is -0.482 e. The molecule has 4 heteroatoms. The zero-order valence-electron chi connectivity index (χ0n) is 12.8. The van der Waals surface area contributed by atoms with Crippen molar-refractivity contribution in [2.75, 3.05) is 12.3 Å². The predicted molar refractivity (Wildman–Crippen MR) is 85.1 cm³/mol. The molecule has 0 atom stereocenters. The molecule has 0 radical (unpaired) electrons. The molecule has 1 aromatic rings. The summed E-state index contributed by atoms with van der Waals surface area (Å²) in [6, 6.07) is 7.54. The van der Waals surface area contributed by atoms with E-state index in [0.29, 0.717) is 17.5 Å². The molecular weight excluding hydrogens is 264 g/mol. The predicted octanol–water partition coefficient (Wildman–Crippen LogP) is 3.12. The summed E-state index contributed by atoms with van der Waals surface area (Å²) >= 11 is 0. The lowest BCUT2D eigenvalue weighted by Crippen LogP contribution is -2.40. The van der Waals surface area contributed by atoms with Gasteiger partial charge in [-0.15, -0.1) is 0 Å². The second-order valence-corrected chi connectivity index (χ2v) is 5.90. The van der Waals surface area contributed by atoms with Crippen LogP contribution >= 0.6 is 0 Å². The summed E-state index contributed by atoms with van der Waals surface area (Å²) in [6.07, 6.45) is 7.20. The van der Waals surface area contributed by atoms with Crippen molar-refractivity contribution in [3.63, 3.8) is 0 Å². The fourth-order valence-electron chi connectivity index (χ4n) is 3.03. The average molecular weight is 290 g/mol. The van der Waals surface area contributed by atoms with Gasteiger partial charge in [0.15, 0.2) is 6.61 Å². The van der Waals surface area contributed by atoms with Gasteiger partial charge in [-0.05, 0) is 43.7 Å². The van der Waals surface area contributed by atoms with E-state index in [-0.39, 0.29) is 12.5 Å². The Hall–Kier alpha value is -1.71. The first kappa shape index (κ1) is 15.7. The highest BCUT2D eigenvalue weighted by Gasteiger charge is 2.21. The molecule has 21 heavy (non-hydrogen) atoms. The SMILES string of the molecule is CCCC1CCC(NC(=O)COc2ccccc2N)CC1. The van der Waals surface area contributed by atoms with Gasteiger partial charge in [-0.3, -0.25) is 4.79 Å². The molecule has 0 unspecified atom stereocenters. The number of nitrogen functional groups attached to an aromatic ring is 1. The highest BCUT2D eigenvalue weighted by Crippen LogP contribution is 2.27. The molecule has 116 valence electrons. The number of benzene rings is 1. The minimum atomic E-state index is -0.0582. The minimum absolute atomic E-state index is 0.0309. The van der Waals surface area contributed by atoms with Crippen LogP contribution in [-0.4, -0.2) is 18.6 Å². The monoisotopic (exact) mass is 290 g/mol. The summed E-state index contributed by atoms with van der Waals surface area (Å²) < 4.78 is 5.46. The first-order chi connectivity index (χ1) is 10.2. The summed E-state index contributed by atoms with van der Waals surface area (Å²) in [7, 11) is 0. The Kier molecular flexibility index (Phi) is 5.90.